The zero-order valence-corrected chi connectivity index (χ0v) is 20.0. The molecule has 3 heterocycles. The molecule has 2 aliphatic rings. The van der Waals surface area contributed by atoms with Gasteiger partial charge in [0.05, 0.1) is 37.3 Å². The highest BCUT2D eigenvalue weighted by atomic mass is 16.5. The van der Waals surface area contributed by atoms with Gasteiger partial charge in [-0.15, -0.1) is 0 Å². The van der Waals surface area contributed by atoms with Crippen LogP contribution in [0, 0.1) is 5.92 Å². The number of hydrogen-bond donors (Lipinski definition) is 2. The van der Waals surface area contributed by atoms with E-state index >= 15 is 0 Å². The van der Waals surface area contributed by atoms with Crippen LogP contribution in [0.4, 0.5) is 11.4 Å². The molecule has 1 saturated heterocycles. The number of anilines is 2. The standard InChI is InChI=1S/C25H36N4O4/c1-4-16(2)24(30)28-21-20-13-18(27-17-9-6-5-7-10-17)14-26-23(20)29(22(21)25(31)32-3)15-19-11-8-12-33-19/h13-14,16-17,19,27H,4-12,15H2,1-3H3,(H,28,30). The lowest BCUT2D eigenvalue weighted by Gasteiger charge is -2.23. The summed E-state index contributed by atoms with van der Waals surface area (Å²) in [6, 6.07) is 2.42. The van der Waals surface area contributed by atoms with Gasteiger partial charge in [0, 0.05) is 24.0 Å². The average Bonchev–Trinajstić information content (AvgIpc) is 3.45. The van der Waals surface area contributed by atoms with Crippen molar-refractivity contribution in [2.24, 2.45) is 5.92 Å². The van der Waals surface area contributed by atoms with Gasteiger partial charge in [0.1, 0.15) is 5.65 Å². The van der Waals surface area contributed by atoms with Crippen LogP contribution in [-0.2, 0) is 20.8 Å². The van der Waals surface area contributed by atoms with Gasteiger partial charge in [0.2, 0.25) is 5.91 Å². The van der Waals surface area contributed by atoms with Gasteiger partial charge >= 0.3 is 5.97 Å². The first-order chi connectivity index (χ1) is 16.0. The Morgan fingerprint density at radius 1 is 1.24 bits per heavy atom. The number of pyridine rings is 1. The summed E-state index contributed by atoms with van der Waals surface area (Å²) in [7, 11) is 1.36. The van der Waals surface area contributed by atoms with Crippen molar-refractivity contribution in [3.05, 3.63) is 18.0 Å². The minimum atomic E-state index is -0.493. The SMILES string of the molecule is CCC(C)C(=O)Nc1c(C(=O)OC)n(CC2CCCO2)c2ncc(NC3CCCCC3)cc12. The Morgan fingerprint density at radius 3 is 2.70 bits per heavy atom. The summed E-state index contributed by atoms with van der Waals surface area (Å²) >= 11 is 0. The molecule has 1 saturated carbocycles. The maximum absolute atomic E-state index is 12.9. The molecular weight excluding hydrogens is 420 g/mol. The fourth-order valence-electron chi connectivity index (χ4n) is 4.82. The van der Waals surface area contributed by atoms with E-state index < -0.39 is 5.97 Å². The quantitative estimate of drug-likeness (QED) is 0.558. The molecule has 33 heavy (non-hydrogen) atoms. The largest absolute Gasteiger partial charge is 0.464 e. The predicted octanol–water partition coefficient (Wildman–Crippen LogP) is 4.73. The Morgan fingerprint density at radius 2 is 2.03 bits per heavy atom. The predicted molar refractivity (Wildman–Crippen MR) is 129 cm³/mol. The molecule has 0 spiro atoms. The fourth-order valence-corrected chi connectivity index (χ4v) is 4.82. The Hall–Kier alpha value is -2.61. The number of fused-ring (bicyclic) bond motifs is 1. The lowest BCUT2D eigenvalue weighted by Crippen LogP contribution is -2.23. The van der Waals surface area contributed by atoms with Crippen LogP contribution in [0.1, 0.15) is 75.7 Å². The molecule has 2 N–H and O–H groups in total. The molecular formula is C25H36N4O4. The highest BCUT2D eigenvalue weighted by Gasteiger charge is 2.29. The van der Waals surface area contributed by atoms with Crippen molar-refractivity contribution in [2.45, 2.75) is 83.9 Å². The van der Waals surface area contributed by atoms with Gasteiger partial charge in [0.15, 0.2) is 5.69 Å². The van der Waals surface area contributed by atoms with E-state index in [-0.39, 0.29) is 17.9 Å². The second-order valence-electron chi connectivity index (χ2n) is 9.33. The summed E-state index contributed by atoms with van der Waals surface area (Å²) in [6.45, 7) is 5.06. The Labute approximate surface area is 195 Å². The van der Waals surface area contributed by atoms with Gasteiger partial charge in [-0.3, -0.25) is 4.79 Å². The van der Waals surface area contributed by atoms with Crippen LogP contribution >= 0.6 is 0 Å². The van der Waals surface area contributed by atoms with Crippen molar-refractivity contribution < 1.29 is 19.1 Å². The molecule has 8 heteroatoms. The Balaban J connectivity index is 1.79. The van der Waals surface area contributed by atoms with E-state index in [0.29, 0.717) is 36.0 Å². The van der Waals surface area contributed by atoms with Gasteiger partial charge in [-0.05, 0) is 38.2 Å². The van der Waals surface area contributed by atoms with Gasteiger partial charge < -0.3 is 24.7 Å². The average molecular weight is 457 g/mol. The van der Waals surface area contributed by atoms with E-state index in [1.807, 2.05) is 30.7 Å². The van der Waals surface area contributed by atoms with Crippen molar-refractivity contribution in [3.8, 4) is 0 Å². The third-order valence-corrected chi connectivity index (χ3v) is 6.97. The summed E-state index contributed by atoms with van der Waals surface area (Å²) < 4.78 is 12.8. The molecule has 0 aromatic carbocycles. The highest BCUT2D eigenvalue weighted by Crippen LogP contribution is 2.35. The first kappa shape index (κ1) is 23.5. The van der Waals surface area contributed by atoms with Crippen LogP contribution in [-0.4, -0.2) is 47.3 Å². The second kappa shape index (κ2) is 10.5. The number of carbonyl (C=O) groups is 2. The topological polar surface area (TPSA) is 94.5 Å². The van der Waals surface area contributed by atoms with Gasteiger partial charge in [-0.25, -0.2) is 9.78 Å². The summed E-state index contributed by atoms with van der Waals surface area (Å²) in [5.41, 5.74) is 2.35. The molecule has 1 aliphatic heterocycles. The minimum Gasteiger partial charge on any atom is -0.464 e. The fraction of sp³-hybridized carbons (Fsp3) is 0.640. The van der Waals surface area contributed by atoms with Crippen LogP contribution < -0.4 is 10.6 Å². The van der Waals surface area contributed by atoms with Crippen molar-refractivity contribution in [2.75, 3.05) is 24.4 Å². The molecule has 2 unspecified atom stereocenters. The van der Waals surface area contributed by atoms with Gasteiger partial charge in [0.25, 0.3) is 0 Å². The lowest BCUT2D eigenvalue weighted by atomic mass is 9.95. The summed E-state index contributed by atoms with van der Waals surface area (Å²) in [5, 5.41) is 7.38. The third-order valence-electron chi connectivity index (χ3n) is 6.97. The summed E-state index contributed by atoms with van der Waals surface area (Å²) in [4.78, 5) is 30.6. The van der Waals surface area contributed by atoms with Crippen molar-refractivity contribution in [1.82, 2.24) is 9.55 Å². The van der Waals surface area contributed by atoms with Crippen molar-refractivity contribution in [1.29, 1.82) is 0 Å². The number of methoxy groups -OCH3 is 1. The number of nitrogens with one attached hydrogen (secondary N) is 2. The Bertz CT molecular complexity index is 990. The van der Waals surface area contributed by atoms with E-state index in [1.165, 1.54) is 26.4 Å². The zero-order valence-electron chi connectivity index (χ0n) is 20.0. The molecule has 0 radical (unpaired) electrons. The zero-order chi connectivity index (χ0) is 23.4. The maximum Gasteiger partial charge on any atom is 0.356 e. The van der Waals surface area contributed by atoms with Crippen LogP contribution in [0.3, 0.4) is 0 Å². The van der Waals surface area contributed by atoms with E-state index in [4.69, 9.17) is 14.5 Å². The summed E-state index contributed by atoms with van der Waals surface area (Å²) in [6.07, 6.45) is 10.5. The number of hydrogen-bond acceptors (Lipinski definition) is 6. The Kier molecular flexibility index (Phi) is 7.53. The van der Waals surface area contributed by atoms with Crippen LogP contribution in [0.15, 0.2) is 12.3 Å². The van der Waals surface area contributed by atoms with Crippen molar-refractivity contribution in [3.63, 3.8) is 0 Å². The smallest absolute Gasteiger partial charge is 0.356 e. The number of carbonyl (C=O) groups excluding carboxylic acids is 2. The minimum absolute atomic E-state index is 0.00367. The molecule has 4 rings (SSSR count). The van der Waals surface area contributed by atoms with Gasteiger partial charge in [-0.2, -0.15) is 0 Å². The normalized spacial score (nSPS) is 20.0. The monoisotopic (exact) mass is 456 g/mol. The number of esters is 1. The molecule has 2 fully saturated rings. The van der Waals surface area contributed by atoms with Crippen LogP contribution in [0.2, 0.25) is 0 Å². The molecule has 2 aromatic rings. The van der Waals surface area contributed by atoms with Gasteiger partial charge in [-0.1, -0.05) is 33.1 Å². The number of amides is 1. The second-order valence-corrected chi connectivity index (χ2v) is 9.33. The molecule has 2 aromatic heterocycles. The van der Waals surface area contributed by atoms with Crippen LogP contribution in [0.25, 0.3) is 11.0 Å². The molecule has 2 atom stereocenters. The molecule has 1 aliphatic carbocycles. The highest BCUT2D eigenvalue weighted by molar-refractivity contribution is 6.11. The van der Waals surface area contributed by atoms with E-state index in [9.17, 15) is 9.59 Å². The summed E-state index contributed by atoms with van der Waals surface area (Å²) in [5.74, 6) is -0.791. The van der Waals surface area contributed by atoms with Crippen LogP contribution in [0.5, 0.6) is 0 Å². The number of nitrogens with zero attached hydrogens (tertiary/aromatic N) is 2. The number of ether oxygens (including phenoxy) is 2. The molecule has 0 bridgehead atoms. The first-order valence-corrected chi connectivity index (χ1v) is 12.3. The number of rotatable bonds is 8. The van der Waals surface area contributed by atoms with E-state index in [1.54, 1.807) is 0 Å². The van der Waals surface area contributed by atoms with E-state index in [0.717, 1.165) is 43.4 Å². The van der Waals surface area contributed by atoms with Crippen molar-refractivity contribution >= 4 is 34.3 Å². The van der Waals surface area contributed by atoms with E-state index in [2.05, 4.69) is 10.6 Å². The molecule has 180 valence electrons. The molecule has 1 amide bonds. The maximum atomic E-state index is 12.9. The lowest BCUT2D eigenvalue weighted by molar-refractivity contribution is -0.119. The third kappa shape index (κ3) is 5.16. The molecule has 8 nitrogen and oxygen atoms in total. The number of aromatic nitrogens is 2. The first-order valence-electron chi connectivity index (χ1n) is 12.3.